The van der Waals surface area contributed by atoms with Crippen LogP contribution < -0.4 is 15.8 Å². The van der Waals surface area contributed by atoms with E-state index in [1.807, 2.05) is 24.3 Å². The first-order valence-electron chi connectivity index (χ1n) is 6.31. The van der Waals surface area contributed by atoms with Gasteiger partial charge in [0.1, 0.15) is 17.4 Å². The van der Waals surface area contributed by atoms with Crippen LogP contribution in [0.4, 0.5) is 21.8 Å². The lowest BCUT2D eigenvalue weighted by atomic mass is 10.2. The third-order valence-electron chi connectivity index (χ3n) is 3.05. The molecule has 0 aliphatic rings. The minimum absolute atomic E-state index is 0.0931. The van der Waals surface area contributed by atoms with Crippen LogP contribution in [0.1, 0.15) is 0 Å². The Kier molecular flexibility index (Phi) is 3.27. The number of ether oxygens (including phenoxy) is 1. The van der Waals surface area contributed by atoms with Gasteiger partial charge in [0.2, 0.25) is 5.95 Å². The van der Waals surface area contributed by atoms with Crippen LogP contribution in [0.2, 0.25) is 0 Å². The second-order valence-corrected chi connectivity index (χ2v) is 4.39. The van der Waals surface area contributed by atoms with Crippen molar-refractivity contribution in [3.63, 3.8) is 0 Å². The van der Waals surface area contributed by atoms with Crippen LogP contribution >= 0.6 is 0 Å². The number of anilines is 3. The SMILES string of the molecule is COc1ccccc1Nc1nc(N)c2c(F)cccc2n1. The van der Waals surface area contributed by atoms with E-state index >= 15 is 0 Å². The molecule has 0 amide bonds. The van der Waals surface area contributed by atoms with Crippen molar-refractivity contribution in [1.82, 2.24) is 9.97 Å². The van der Waals surface area contributed by atoms with E-state index in [2.05, 4.69) is 15.3 Å². The molecule has 3 N–H and O–H groups in total. The lowest BCUT2D eigenvalue weighted by Gasteiger charge is -2.11. The Morgan fingerprint density at radius 2 is 1.90 bits per heavy atom. The average molecular weight is 284 g/mol. The van der Waals surface area contributed by atoms with Gasteiger partial charge in [-0.15, -0.1) is 0 Å². The van der Waals surface area contributed by atoms with Gasteiger partial charge in [-0.25, -0.2) is 9.37 Å². The van der Waals surface area contributed by atoms with Gasteiger partial charge in [0.15, 0.2) is 0 Å². The van der Waals surface area contributed by atoms with E-state index in [9.17, 15) is 4.39 Å². The topological polar surface area (TPSA) is 73.1 Å². The molecule has 0 radical (unpaired) electrons. The van der Waals surface area contributed by atoms with Crippen LogP contribution in [0.3, 0.4) is 0 Å². The number of hydrogen-bond donors (Lipinski definition) is 2. The highest BCUT2D eigenvalue weighted by Gasteiger charge is 2.10. The highest BCUT2D eigenvalue weighted by atomic mass is 19.1. The number of fused-ring (bicyclic) bond motifs is 1. The second-order valence-electron chi connectivity index (χ2n) is 4.39. The standard InChI is InChI=1S/C15H13FN4O/c1-21-12-8-3-2-6-10(12)18-15-19-11-7-4-5-9(16)13(11)14(17)20-15/h2-8H,1H3,(H3,17,18,19,20). The van der Waals surface area contributed by atoms with Crippen LogP contribution in [0, 0.1) is 5.82 Å². The van der Waals surface area contributed by atoms with Crippen molar-refractivity contribution < 1.29 is 9.13 Å². The van der Waals surface area contributed by atoms with Crippen molar-refractivity contribution in [2.45, 2.75) is 0 Å². The molecule has 0 aliphatic heterocycles. The molecule has 2 aromatic carbocycles. The van der Waals surface area contributed by atoms with Crippen molar-refractivity contribution >= 4 is 28.4 Å². The molecular formula is C15H13FN4O. The Bertz CT molecular complexity index is 807. The maximum Gasteiger partial charge on any atom is 0.229 e. The Hall–Kier alpha value is -2.89. The minimum Gasteiger partial charge on any atom is -0.495 e. The van der Waals surface area contributed by atoms with Crippen LogP contribution in [0.5, 0.6) is 5.75 Å². The van der Waals surface area contributed by atoms with Gasteiger partial charge in [-0.1, -0.05) is 18.2 Å². The van der Waals surface area contributed by atoms with Gasteiger partial charge >= 0.3 is 0 Å². The number of halogens is 1. The number of rotatable bonds is 3. The van der Waals surface area contributed by atoms with Gasteiger partial charge in [0, 0.05) is 0 Å². The fraction of sp³-hybridized carbons (Fsp3) is 0.0667. The maximum absolute atomic E-state index is 13.7. The molecule has 0 atom stereocenters. The smallest absolute Gasteiger partial charge is 0.229 e. The summed E-state index contributed by atoms with van der Waals surface area (Å²) in [5.41, 5.74) is 6.97. The molecule has 1 heterocycles. The molecule has 3 rings (SSSR count). The van der Waals surface area contributed by atoms with E-state index in [4.69, 9.17) is 10.5 Å². The lowest BCUT2D eigenvalue weighted by Crippen LogP contribution is -2.03. The second kappa shape index (κ2) is 5.24. The number of methoxy groups -OCH3 is 1. The average Bonchev–Trinajstić information content (AvgIpc) is 2.47. The third kappa shape index (κ3) is 2.43. The van der Waals surface area contributed by atoms with E-state index in [-0.39, 0.29) is 17.2 Å². The fourth-order valence-corrected chi connectivity index (χ4v) is 2.09. The molecule has 1 aromatic heterocycles. The summed E-state index contributed by atoms with van der Waals surface area (Å²) in [5.74, 6) is 0.596. The van der Waals surface area contributed by atoms with Gasteiger partial charge in [0.05, 0.1) is 23.7 Å². The molecule has 6 heteroatoms. The fourth-order valence-electron chi connectivity index (χ4n) is 2.09. The monoisotopic (exact) mass is 284 g/mol. The normalized spacial score (nSPS) is 10.6. The zero-order valence-electron chi connectivity index (χ0n) is 11.3. The first kappa shape index (κ1) is 13.1. The lowest BCUT2D eigenvalue weighted by molar-refractivity contribution is 0.417. The summed E-state index contributed by atoms with van der Waals surface area (Å²) >= 11 is 0. The summed E-state index contributed by atoms with van der Waals surface area (Å²) < 4.78 is 19.0. The number of nitrogen functional groups attached to an aromatic ring is 1. The van der Waals surface area contributed by atoms with Crippen LogP contribution in [0.25, 0.3) is 10.9 Å². The third-order valence-corrected chi connectivity index (χ3v) is 3.05. The number of hydrogen-bond acceptors (Lipinski definition) is 5. The molecule has 5 nitrogen and oxygen atoms in total. The first-order valence-corrected chi connectivity index (χ1v) is 6.31. The van der Waals surface area contributed by atoms with Gasteiger partial charge in [-0.2, -0.15) is 4.98 Å². The Morgan fingerprint density at radius 1 is 1.10 bits per heavy atom. The Balaban J connectivity index is 2.06. The molecule has 0 saturated heterocycles. The van der Waals surface area contributed by atoms with E-state index in [1.165, 1.54) is 6.07 Å². The van der Waals surface area contributed by atoms with Gasteiger partial charge in [0.25, 0.3) is 0 Å². The summed E-state index contributed by atoms with van der Waals surface area (Å²) in [6, 6.07) is 11.9. The highest BCUT2D eigenvalue weighted by molar-refractivity contribution is 5.89. The molecule has 0 aliphatic carbocycles. The number of nitrogens with two attached hydrogens (primary N) is 1. The summed E-state index contributed by atoms with van der Waals surface area (Å²) in [4.78, 5) is 8.36. The summed E-state index contributed by atoms with van der Waals surface area (Å²) in [7, 11) is 1.57. The predicted molar refractivity (Wildman–Crippen MR) is 80.2 cm³/mol. The van der Waals surface area contributed by atoms with Crippen LogP contribution in [-0.2, 0) is 0 Å². The molecule has 21 heavy (non-hydrogen) atoms. The van der Waals surface area contributed by atoms with Crippen molar-refractivity contribution in [2.24, 2.45) is 0 Å². The van der Waals surface area contributed by atoms with E-state index in [0.29, 0.717) is 17.0 Å². The summed E-state index contributed by atoms with van der Waals surface area (Å²) in [5, 5.41) is 3.25. The highest BCUT2D eigenvalue weighted by Crippen LogP contribution is 2.28. The molecular weight excluding hydrogens is 271 g/mol. The summed E-state index contributed by atoms with van der Waals surface area (Å²) in [6.07, 6.45) is 0. The molecule has 0 spiro atoms. The summed E-state index contributed by atoms with van der Waals surface area (Å²) in [6.45, 7) is 0. The van der Waals surface area contributed by atoms with E-state index in [1.54, 1.807) is 19.2 Å². The van der Waals surface area contributed by atoms with Crippen LogP contribution in [0.15, 0.2) is 42.5 Å². The molecule has 0 bridgehead atoms. The zero-order chi connectivity index (χ0) is 14.8. The molecule has 0 unspecified atom stereocenters. The van der Waals surface area contributed by atoms with E-state index in [0.717, 1.165) is 0 Å². The number of para-hydroxylation sites is 2. The largest absolute Gasteiger partial charge is 0.495 e. The molecule has 0 fully saturated rings. The predicted octanol–water partition coefficient (Wildman–Crippen LogP) is 3.10. The Labute approximate surface area is 120 Å². The van der Waals surface area contributed by atoms with E-state index < -0.39 is 5.82 Å². The minimum atomic E-state index is -0.436. The molecule has 3 aromatic rings. The van der Waals surface area contributed by atoms with Crippen LogP contribution in [-0.4, -0.2) is 17.1 Å². The van der Waals surface area contributed by atoms with Gasteiger partial charge in [-0.05, 0) is 24.3 Å². The molecule has 106 valence electrons. The number of nitrogens with zero attached hydrogens (tertiary/aromatic N) is 2. The molecule has 0 saturated carbocycles. The van der Waals surface area contributed by atoms with Crippen molar-refractivity contribution in [2.75, 3.05) is 18.2 Å². The van der Waals surface area contributed by atoms with Crippen molar-refractivity contribution in [3.05, 3.63) is 48.3 Å². The zero-order valence-corrected chi connectivity index (χ0v) is 11.3. The number of benzene rings is 2. The first-order chi connectivity index (χ1) is 10.2. The van der Waals surface area contributed by atoms with Gasteiger partial charge < -0.3 is 15.8 Å². The quantitative estimate of drug-likeness (QED) is 0.773. The number of nitrogens with one attached hydrogen (secondary N) is 1. The Morgan fingerprint density at radius 3 is 2.71 bits per heavy atom. The van der Waals surface area contributed by atoms with Crippen molar-refractivity contribution in [1.29, 1.82) is 0 Å². The van der Waals surface area contributed by atoms with Crippen molar-refractivity contribution in [3.8, 4) is 5.75 Å². The van der Waals surface area contributed by atoms with Gasteiger partial charge in [-0.3, -0.25) is 0 Å². The maximum atomic E-state index is 13.7. The number of aromatic nitrogens is 2.